The molecule has 1 saturated heterocycles. The molecule has 6 nitrogen and oxygen atoms in total. The third-order valence-corrected chi connectivity index (χ3v) is 3.57. The lowest BCUT2D eigenvalue weighted by Gasteiger charge is -2.35. The molecule has 0 bridgehead atoms. The number of carbonyl (C=O) groups excluding carboxylic acids is 2. The minimum absolute atomic E-state index is 0.0930. The number of hydrogen-bond acceptors (Lipinski definition) is 4. The average molecular weight is 274 g/mol. The molecule has 1 atom stereocenters. The van der Waals surface area contributed by atoms with Crippen molar-refractivity contribution < 1.29 is 19.5 Å². The van der Waals surface area contributed by atoms with E-state index in [1.165, 1.54) is 0 Å². The van der Waals surface area contributed by atoms with E-state index in [2.05, 4.69) is 5.32 Å². The Hall–Kier alpha value is -1.24. The number of nitrogens with zero attached hydrogens (tertiary/aromatic N) is 1. The number of aliphatic carboxylic acids is 1. The van der Waals surface area contributed by atoms with Crippen LogP contribution in [0.2, 0.25) is 0 Å². The highest BCUT2D eigenvalue weighted by atomic mass is 32.2. The molecule has 1 aliphatic rings. The predicted molar refractivity (Wildman–Crippen MR) is 68.4 cm³/mol. The van der Waals surface area contributed by atoms with Crippen molar-refractivity contribution in [1.82, 2.24) is 10.2 Å². The number of hydrogen-bond donors (Lipinski definition) is 2. The van der Waals surface area contributed by atoms with Crippen LogP contribution in [0.15, 0.2) is 0 Å². The number of rotatable bonds is 6. The first kappa shape index (κ1) is 14.8. The molecule has 1 rings (SSSR count). The summed E-state index contributed by atoms with van der Waals surface area (Å²) in [5.74, 6) is -1.19. The number of carboxylic acid groups (broad SMARTS) is 1. The molecule has 0 aromatic rings. The molecule has 18 heavy (non-hydrogen) atoms. The van der Waals surface area contributed by atoms with Gasteiger partial charge in [-0.05, 0) is 6.42 Å². The van der Waals surface area contributed by atoms with Gasteiger partial charge in [-0.15, -0.1) is 11.8 Å². The molecular formula is C11H18N2O4S. The van der Waals surface area contributed by atoms with Crippen LogP contribution in [0.4, 0.5) is 0 Å². The quantitative estimate of drug-likeness (QED) is 0.708. The van der Waals surface area contributed by atoms with Crippen molar-refractivity contribution in [2.24, 2.45) is 0 Å². The summed E-state index contributed by atoms with van der Waals surface area (Å²) in [5.41, 5.74) is 0. The Labute approximate surface area is 110 Å². The van der Waals surface area contributed by atoms with E-state index in [4.69, 9.17) is 5.11 Å². The third kappa shape index (κ3) is 4.21. The van der Waals surface area contributed by atoms with Gasteiger partial charge in [0.05, 0.1) is 11.5 Å². The van der Waals surface area contributed by atoms with Gasteiger partial charge in [-0.1, -0.05) is 13.3 Å². The number of piperazine rings is 1. The number of amides is 2. The molecule has 0 spiro atoms. The van der Waals surface area contributed by atoms with E-state index < -0.39 is 12.0 Å². The lowest BCUT2D eigenvalue weighted by Crippen LogP contribution is -2.57. The summed E-state index contributed by atoms with van der Waals surface area (Å²) < 4.78 is 0. The monoisotopic (exact) mass is 274 g/mol. The Morgan fingerprint density at radius 2 is 2.22 bits per heavy atom. The van der Waals surface area contributed by atoms with Gasteiger partial charge in [0.15, 0.2) is 0 Å². The molecule has 1 heterocycles. The van der Waals surface area contributed by atoms with E-state index in [1.807, 2.05) is 6.92 Å². The van der Waals surface area contributed by atoms with Crippen LogP contribution >= 0.6 is 11.8 Å². The molecule has 0 aromatic heterocycles. The fourth-order valence-corrected chi connectivity index (χ4v) is 2.50. The molecular weight excluding hydrogens is 256 g/mol. The zero-order valence-electron chi connectivity index (χ0n) is 10.3. The maximum absolute atomic E-state index is 11.9. The van der Waals surface area contributed by atoms with Gasteiger partial charge in [0.1, 0.15) is 6.04 Å². The van der Waals surface area contributed by atoms with E-state index in [-0.39, 0.29) is 23.3 Å². The lowest BCUT2D eigenvalue weighted by molar-refractivity contribution is -0.141. The molecule has 1 aliphatic heterocycles. The van der Waals surface area contributed by atoms with Gasteiger partial charge < -0.3 is 15.3 Å². The van der Waals surface area contributed by atoms with Crippen molar-refractivity contribution >= 4 is 29.5 Å². The first-order valence-corrected chi connectivity index (χ1v) is 7.08. The maximum atomic E-state index is 11.9. The van der Waals surface area contributed by atoms with Crippen LogP contribution < -0.4 is 5.32 Å². The normalized spacial score (nSPS) is 19.5. The van der Waals surface area contributed by atoms with Gasteiger partial charge >= 0.3 is 5.97 Å². The first-order valence-electron chi connectivity index (χ1n) is 5.93. The zero-order valence-corrected chi connectivity index (χ0v) is 11.2. The molecule has 7 heteroatoms. The van der Waals surface area contributed by atoms with Crippen molar-refractivity contribution in [3.05, 3.63) is 0 Å². The number of carbonyl (C=O) groups is 3. The molecule has 1 fully saturated rings. The highest BCUT2D eigenvalue weighted by Crippen LogP contribution is 2.13. The second-order valence-electron chi connectivity index (χ2n) is 4.07. The van der Waals surface area contributed by atoms with Crippen LogP contribution in [0, 0.1) is 0 Å². The second-order valence-corrected chi connectivity index (χ2v) is 5.05. The Balaban J connectivity index is 2.52. The summed E-state index contributed by atoms with van der Waals surface area (Å²) in [7, 11) is 0. The molecule has 0 aliphatic carbocycles. The molecule has 0 saturated carbocycles. The maximum Gasteiger partial charge on any atom is 0.313 e. The van der Waals surface area contributed by atoms with Gasteiger partial charge in [-0.3, -0.25) is 14.4 Å². The molecule has 2 amide bonds. The van der Waals surface area contributed by atoms with Gasteiger partial charge in [0.2, 0.25) is 11.8 Å². The first-order chi connectivity index (χ1) is 8.56. The summed E-state index contributed by atoms with van der Waals surface area (Å²) in [6.07, 6.45) is 1.46. The van der Waals surface area contributed by atoms with Gasteiger partial charge in [-0.2, -0.15) is 0 Å². The standard InChI is InChI=1S/C11H18N2O4S/c1-2-3-8-11(17)12-4-5-13(8)9(14)6-18-7-10(15)16/h8H,2-7H2,1H3,(H,12,17)(H,15,16). The molecule has 0 aromatic carbocycles. The van der Waals surface area contributed by atoms with Crippen molar-refractivity contribution in [1.29, 1.82) is 0 Å². The second kappa shape index (κ2) is 7.25. The van der Waals surface area contributed by atoms with E-state index in [0.717, 1.165) is 18.2 Å². The van der Waals surface area contributed by atoms with Crippen molar-refractivity contribution in [2.45, 2.75) is 25.8 Å². The largest absolute Gasteiger partial charge is 0.481 e. The topological polar surface area (TPSA) is 86.7 Å². The van der Waals surface area contributed by atoms with Crippen molar-refractivity contribution in [3.8, 4) is 0 Å². The Morgan fingerprint density at radius 3 is 2.83 bits per heavy atom. The van der Waals surface area contributed by atoms with Crippen LogP contribution in [0.3, 0.4) is 0 Å². The fourth-order valence-electron chi connectivity index (χ4n) is 1.88. The van der Waals surface area contributed by atoms with Crippen LogP contribution in [0.25, 0.3) is 0 Å². The summed E-state index contributed by atoms with van der Waals surface area (Å²) >= 11 is 1.06. The number of carboxylic acids is 1. The van der Waals surface area contributed by atoms with E-state index in [0.29, 0.717) is 19.5 Å². The zero-order chi connectivity index (χ0) is 13.5. The molecule has 1 unspecified atom stereocenters. The van der Waals surface area contributed by atoms with Crippen LogP contribution in [0.1, 0.15) is 19.8 Å². The number of thioether (sulfide) groups is 1. The summed E-state index contributed by atoms with van der Waals surface area (Å²) in [5, 5.41) is 11.2. The summed E-state index contributed by atoms with van der Waals surface area (Å²) in [6, 6.07) is -0.401. The van der Waals surface area contributed by atoms with Crippen molar-refractivity contribution in [3.63, 3.8) is 0 Å². The predicted octanol–water partition coefficient (Wildman–Crippen LogP) is -0.0687. The molecule has 102 valence electrons. The molecule has 2 N–H and O–H groups in total. The number of nitrogens with one attached hydrogen (secondary N) is 1. The summed E-state index contributed by atoms with van der Waals surface area (Å²) in [4.78, 5) is 35.6. The third-order valence-electron chi connectivity index (χ3n) is 2.66. The van der Waals surface area contributed by atoms with Crippen LogP contribution in [-0.2, 0) is 14.4 Å². The minimum atomic E-state index is -0.936. The lowest BCUT2D eigenvalue weighted by atomic mass is 10.1. The van der Waals surface area contributed by atoms with Crippen molar-refractivity contribution in [2.75, 3.05) is 24.6 Å². The van der Waals surface area contributed by atoms with Crippen LogP contribution in [0.5, 0.6) is 0 Å². The van der Waals surface area contributed by atoms with E-state index in [9.17, 15) is 14.4 Å². The van der Waals surface area contributed by atoms with Gasteiger partial charge in [-0.25, -0.2) is 0 Å². The van der Waals surface area contributed by atoms with E-state index >= 15 is 0 Å². The van der Waals surface area contributed by atoms with Gasteiger partial charge in [0.25, 0.3) is 0 Å². The highest BCUT2D eigenvalue weighted by molar-refractivity contribution is 8.00. The van der Waals surface area contributed by atoms with Gasteiger partial charge in [0, 0.05) is 13.1 Å². The summed E-state index contributed by atoms with van der Waals surface area (Å²) in [6.45, 7) is 2.93. The molecule has 0 radical (unpaired) electrons. The fraction of sp³-hybridized carbons (Fsp3) is 0.727. The Kier molecular flexibility index (Phi) is 5.97. The Morgan fingerprint density at radius 1 is 1.50 bits per heavy atom. The minimum Gasteiger partial charge on any atom is -0.481 e. The Bertz CT molecular complexity index is 335. The SMILES string of the molecule is CCCC1C(=O)NCCN1C(=O)CSCC(=O)O. The smallest absolute Gasteiger partial charge is 0.313 e. The van der Waals surface area contributed by atoms with Crippen LogP contribution in [-0.4, -0.2) is 58.4 Å². The highest BCUT2D eigenvalue weighted by Gasteiger charge is 2.31. The van der Waals surface area contributed by atoms with E-state index in [1.54, 1.807) is 4.90 Å². The average Bonchev–Trinajstić information content (AvgIpc) is 2.31.